The van der Waals surface area contributed by atoms with Crippen molar-refractivity contribution in [2.75, 3.05) is 0 Å². The lowest BCUT2D eigenvalue weighted by Crippen LogP contribution is -2.25. The van der Waals surface area contributed by atoms with Gasteiger partial charge in [-0.1, -0.05) is 19.1 Å². The number of allylic oxidation sites excluding steroid dienone is 2. The van der Waals surface area contributed by atoms with Crippen molar-refractivity contribution in [3.05, 3.63) is 12.2 Å². The lowest BCUT2D eigenvalue weighted by Gasteiger charge is -2.18. The molecule has 0 aromatic carbocycles. The van der Waals surface area contributed by atoms with Gasteiger partial charge in [-0.05, 0) is 5.92 Å². The maximum atomic E-state index is 11.4. The number of fused-ring (bicyclic) bond motifs is 2. The molecule has 4 atom stereocenters. The zero-order valence-corrected chi connectivity index (χ0v) is 6.73. The summed E-state index contributed by atoms with van der Waals surface area (Å²) in [5, 5.41) is 8.84. The van der Waals surface area contributed by atoms with Gasteiger partial charge in [0, 0.05) is 11.8 Å². The van der Waals surface area contributed by atoms with Crippen LogP contribution in [-0.4, -0.2) is 16.9 Å². The van der Waals surface area contributed by atoms with Gasteiger partial charge in [0.1, 0.15) is 5.78 Å². The van der Waals surface area contributed by atoms with E-state index in [4.69, 9.17) is 5.11 Å². The summed E-state index contributed by atoms with van der Waals surface area (Å²) in [6.45, 7) is 1.84. The summed E-state index contributed by atoms with van der Waals surface area (Å²) in [6, 6.07) is 0. The lowest BCUT2D eigenvalue weighted by atomic mass is 9.85. The van der Waals surface area contributed by atoms with E-state index in [-0.39, 0.29) is 23.5 Å². The van der Waals surface area contributed by atoms with E-state index >= 15 is 0 Å². The smallest absolute Gasteiger partial charge is 0.307 e. The Hall–Kier alpha value is -1.12. The van der Waals surface area contributed by atoms with Gasteiger partial charge >= 0.3 is 5.97 Å². The fraction of sp³-hybridized carbons (Fsp3) is 0.556. The van der Waals surface area contributed by atoms with Crippen LogP contribution in [0.1, 0.15) is 6.92 Å². The molecule has 1 saturated carbocycles. The molecule has 0 amide bonds. The molecule has 2 rings (SSSR count). The Balaban J connectivity index is 2.36. The summed E-state index contributed by atoms with van der Waals surface area (Å²) in [4.78, 5) is 22.1. The number of carboxylic acids is 1. The minimum Gasteiger partial charge on any atom is -0.481 e. The van der Waals surface area contributed by atoms with Gasteiger partial charge in [0.15, 0.2) is 0 Å². The van der Waals surface area contributed by atoms with E-state index in [2.05, 4.69) is 0 Å². The molecule has 4 unspecified atom stereocenters. The first kappa shape index (κ1) is 7.53. The van der Waals surface area contributed by atoms with Crippen LogP contribution in [0.2, 0.25) is 0 Å². The van der Waals surface area contributed by atoms with Gasteiger partial charge in [0.2, 0.25) is 0 Å². The van der Waals surface area contributed by atoms with Crippen molar-refractivity contribution < 1.29 is 14.7 Å². The minimum absolute atomic E-state index is 0.0231. The highest BCUT2D eigenvalue weighted by molar-refractivity contribution is 5.96. The average molecular weight is 166 g/mol. The maximum absolute atomic E-state index is 11.4. The molecule has 0 spiro atoms. The van der Waals surface area contributed by atoms with Crippen molar-refractivity contribution in [1.82, 2.24) is 0 Å². The summed E-state index contributed by atoms with van der Waals surface area (Å²) in [5.41, 5.74) is 0. The molecule has 0 heterocycles. The first-order valence-electron chi connectivity index (χ1n) is 4.08. The van der Waals surface area contributed by atoms with E-state index in [0.717, 1.165) is 0 Å². The van der Waals surface area contributed by atoms with Crippen molar-refractivity contribution in [2.24, 2.45) is 23.7 Å². The van der Waals surface area contributed by atoms with Crippen molar-refractivity contribution in [1.29, 1.82) is 0 Å². The summed E-state index contributed by atoms with van der Waals surface area (Å²) >= 11 is 0. The van der Waals surface area contributed by atoms with Gasteiger partial charge in [-0.2, -0.15) is 0 Å². The molecule has 0 aliphatic heterocycles. The molecule has 3 heteroatoms. The van der Waals surface area contributed by atoms with E-state index in [1.807, 2.05) is 13.0 Å². The summed E-state index contributed by atoms with van der Waals surface area (Å²) in [5.74, 6) is -1.72. The predicted octanol–water partition coefficient (Wildman–Crippen LogP) is 0.708. The van der Waals surface area contributed by atoms with E-state index in [0.29, 0.717) is 0 Å². The van der Waals surface area contributed by atoms with Crippen molar-refractivity contribution in [3.63, 3.8) is 0 Å². The number of hydrogen-bond acceptors (Lipinski definition) is 2. The van der Waals surface area contributed by atoms with Crippen LogP contribution >= 0.6 is 0 Å². The molecule has 1 N–H and O–H groups in total. The van der Waals surface area contributed by atoms with Crippen molar-refractivity contribution in [3.8, 4) is 0 Å². The van der Waals surface area contributed by atoms with E-state index < -0.39 is 11.9 Å². The van der Waals surface area contributed by atoms with Gasteiger partial charge in [-0.25, -0.2) is 0 Å². The molecule has 1 fully saturated rings. The summed E-state index contributed by atoms with van der Waals surface area (Å²) < 4.78 is 0. The van der Waals surface area contributed by atoms with Crippen LogP contribution in [-0.2, 0) is 9.59 Å². The van der Waals surface area contributed by atoms with Crippen molar-refractivity contribution >= 4 is 11.8 Å². The quantitative estimate of drug-likeness (QED) is 0.583. The molecule has 2 bridgehead atoms. The highest BCUT2D eigenvalue weighted by Crippen LogP contribution is 2.44. The second-order valence-electron chi connectivity index (χ2n) is 3.56. The van der Waals surface area contributed by atoms with Crippen LogP contribution in [0.25, 0.3) is 0 Å². The van der Waals surface area contributed by atoms with E-state index in [9.17, 15) is 9.59 Å². The second-order valence-corrected chi connectivity index (χ2v) is 3.56. The Kier molecular flexibility index (Phi) is 1.37. The number of ketones is 1. The van der Waals surface area contributed by atoms with Crippen LogP contribution in [0, 0.1) is 23.7 Å². The van der Waals surface area contributed by atoms with Crippen LogP contribution < -0.4 is 0 Å². The number of rotatable bonds is 1. The molecule has 2 aliphatic rings. The van der Waals surface area contributed by atoms with Gasteiger partial charge in [0.05, 0.1) is 5.92 Å². The topological polar surface area (TPSA) is 54.4 Å². The number of aliphatic carboxylic acids is 1. The Morgan fingerprint density at radius 1 is 1.42 bits per heavy atom. The molecule has 3 nitrogen and oxygen atoms in total. The zero-order valence-electron chi connectivity index (χ0n) is 6.73. The largest absolute Gasteiger partial charge is 0.481 e. The summed E-state index contributed by atoms with van der Waals surface area (Å²) in [7, 11) is 0. The molecular weight excluding hydrogens is 156 g/mol. The molecule has 0 aromatic heterocycles. The monoisotopic (exact) mass is 166 g/mol. The van der Waals surface area contributed by atoms with Crippen LogP contribution in [0.4, 0.5) is 0 Å². The second kappa shape index (κ2) is 2.19. The number of carbonyl (C=O) groups is 2. The van der Waals surface area contributed by atoms with Gasteiger partial charge in [-0.3, -0.25) is 9.59 Å². The highest BCUT2D eigenvalue weighted by Gasteiger charge is 2.52. The van der Waals surface area contributed by atoms with Gasteiger partial charge < -0.3 is 5.11 Å². The van der Waals surface area contributed by atoms with Gasteiger partial charge in [0.25, 0.3) is 0 Å². The number of hydrogen-bond donors (Lipinski definition) is 1. The minimum atomic E-state index is -0.840. The Morgan fingerprint density at radius 3 is 2.33 bits per heavy atom. The summed E-state index contributed by atoms with van der Waals surface area (Å²) in [6.07, 6.45) is 3.59. The molecule has 0 radical (unpaired) electrons. The van der Waals surface area contributed by atoms with E-state index in [1.54, 1.807) is 6.08 Å². The number of carbonyl (C=O) groups excluding carboxylic acids is 1. The van der Waals surface area contributed by atoms with Gasteiger partial charge in [-0.15, -0.1) is 0 Å². The average Bonchev–Trinajstić information content (AvgIpc) is 2.43. The third-order valence-corrected chi connectivity index (χ3v) is 2.99. The molecule has 0 saturated heterocycles. The van der Waals surface area contributed by atoms with Crippen LogP contribution in [0.15, 0.2) is 12.2 Å². The molecule has 12 heavy (non-hydrogen) atoms. The van der Waals surface area contributed by atoms with Crippen molar-refractivity contribution in [2.45, 2.75) is 6.92 Å². The normalized spacial score (nSPS) is 43.9. The first-order valence-corrected chi connectivity index (χ1v) is 4.08. The molecule has 2 aliphatic carbocycles. The number of carboxylic acid groups (broad SMARTS) is 1. The van der Waals surface area contributed by atoms with Crippen LogP contribution in [0.3, 0.4) is 0 Å². The highest BCUT2D eigenvalue weighted by atomic mass is 16.4. The number of Topliss-reactive ketones (excluding diaryl/α,β-unsaturated/α-hetero) is 1. The third kappa shape index (κ3) is 0.709. The fourth-order valence-electron chi connectivity index (χ4n) is 2.31. The predicted molar refractivity (Wildman–Crippen MR) is 41.4 cm³/mol. The molecule has 64 valence electrons. The maximum Gasteiger partial charge on any atom is 0.307 e. The van der Waals surface area contributed by atoms with Crippen LogP contribution in [0.5, 0.6) is 0 Å². The lowest BCUT2D eigenvalue weighted by molar-refractivity contribution is -0.144. The first-order chi connectivity index (χ1) is 5.63. The van der Waals surface area contributed by atoms with E-state index in [1.165, 1.54) is 0 Å². The third-order valence-electron chi connectivity index (χ3n) is 2.99. The Morgan fingerprint density at radius 2 is 2.00 bits per heavy atom. The molecule has 0 aromatic rings. The molecular formula is C9H10O3. The Bertz CT molecular complexity index is 279. The zero-order chi connectivity index (χ0) is 8.88. The fourth-order valence-corrected chi connectivity index (χ4v) is 2.31. The Labute approximate surface area is 70.1 Å². The standard InChI is InChI=1S/C9H10O3/c1-4-5-2-3-6(8(5)10)7(4)9(11)12/h2-7H,1H3,(H,11,12). The SMILES string of the molecule is CC1C2C=CC(C2=O)C1C(=O)O.